The van der Waals surface area contributed by atoms with E-state index in [4.69, 9.17) is 10.5 Å². The number of rotatable bonds is 4. The molecule has 0 heterocycles. The van der Waals surface area contributed by atoms with E-state index in [1.807, 2.05) is 0 Å². The third-order valence-corrected chi connectivity index (χ3v) is 3.58. The predicted octanol–water partition coefficient (Wildman–Crippen LogP) is 2.07. The SMILES string of the molecule is NC(COC1CCC1)C1CCCC1. The Kier molecular flexibility index (Phi) is 3.23. The van der Waals surface area contributed by atoms with Gasteiger partial charge in [0.1, 0.15) is 0 Å². The molecule has 2 rings (SSSR count). The summed E-state index contributed by atoms with van der Waals surface area (Å²) in [5, 5.41) is 0. The highest BCUT2D eigenvalue weighted by molar-refractivity contribution is 4.79. The van der Waals surface area contributed by atoms with Crippen molar-refractivity contribution in [3.63, 3.8) is 0 Å². The molecule has 2 aliphatic rings. The first-order chi connectivity index (χ1) is 6.36. The molecule has 2 saturated carbocycles. The summed E-state index contributed by atoms with van der Waals surface area (Å²) in [6.07, 6.45) is 9.83. The van der Waals surface area contributed by atoms with E-state index in [2.05, 4.69) is 0 Å². The summed E-state index contributed by atoms with van der Waals surface area (Å²) in [7, 11) is 0. The highest BCUT2D eigenvalue weighted by Crippen LogP contribution is 2.28. The Morgan fingerprint density at radius 1 is 1.08 bits per heavy atom. The quantitative estimate of drug-likeness (QED) is 0.724. The van der Waals surface area contributed by atoms with Gasteiger partial charge < -0.3 is 10.5 Å². The molecule has 0 radical (unpaired) electrons. The fraction of sp³-hybridized carbons (Fsp3) is 1.00. The third-order valence-electron chi connectivity index (χ3n) is 3.58. The van der Waals surface area contributed by atoms with E-state index in [9.17, 15) is 0 Å². The second-order valence-corrected chi connectivity index (χ2v) is 4.59. The number of nitrogens with two attached hydrogens (primary N) is 1. The van der Waals surface area contributed by atoms with Gasteiger partial charge in [0.25, 0.3) is 0 Å². The van der Waals surface area contributed by atoms with Crippen molar-refractivity contribution in [2.24, 2.45) is 11.7 Å². The smallest absolute Gasteiger partial charge is 0.0623 e. The van der Waals surface area contributed by atoms with Crippen molar-refractivity contribution in [3.05, 3.63) is 0 Å². The van der Waals surface area contributed by atoms with E-state index in [0.29, 0.717) is 12.1 Å². The van der Waals surface area contributed by atoms with Crippen molar-refractivity contribution >= 4 is 0 Å². The number of hydrogen-bond acceptors (Lipinski definition) is 2. The molecule has 2 nitrogen and oxygen atoms in total. The van der Waals surface area contributed by atoms with Gasteiger partial charge in [-0.25, -0.2) is 0 Å². The van der Waals surface area contributed by atoms with Gasteiger partial charge in [0.05, 0.1) is 12.7 Å². The molecule has 0 aliphatic heterocycles. The molecule has 1 unspecified atom stereocenters. The topological polar surface area (TPSA) is 35.2 Å². The molecule has 13 heavy (non-hydrogen) atoms. The Morgan fingerprint density at radius 3 is 2.31 bits per heavy atom. The largest absolute Gasteiger partial charge is 0.377 e. The second-order valence-electron chi connectivity index (χ2n) is 4.59. The Morgan fingerprint density at radius 2 is 1.77 bits per heavy atom. The molecule has 2 aliphatic carbocycles. The van der Waals surface area contributed by atoms with E-state index in [1.54, 1.807) is 0 Å². The van der Waals surface area contributed by atoms with Crippen LogP contribution in [-0.2, 0) is 4.74 Å². The molecular weight excluding hydrogens is 162 g/mol. The van der Waals surface area contributed by atoms with Crippen molar-refractivity contribution in [1.82, 2.24) is 0 Å². The fourth-order valence-electron chi connectivity index (χ4n) is 2.31. The van der Waals surface area contributed by atoms with Crippen LogP contribution < -0.4 is 5.73 Å². The molecule has 0 aromatic carbocycles. The highest BCUT2D eigenvalue weighted by atomic mass is 16.5. The lowest BCUT2D eigenvalue weighted by atomic mass is 9.95. The Labute approximate surface area is 80.8 Å². The highest BCUT2D eigenvalue weighted by Gasteiger charge is 2.24. The zero-order valence-electron chi connectivity index (χ0n) is 8.37. The maximum Gasteiger partial charge on any atom is 0.0623 e. The maximum absolute atomic E-state index is 6.08. The minimum atomic E-state index is 0.308. The molecule has 1 atom stereocenters. The summed E-state index contributed by atoms with van der Waals surface area (Å²) < 4.78 is 5.73. The Balaban J connectivity index is 1.62. The molecule has 2 N–H and O–H groups in total. The average Bonchev–Trinajstić information content (AvgIpc) is 2.52. The van der Waals surface area contributed by atoms with E-state index in [1.165, 1.54) is 44.9 Å². The van der Waals surface area contributed by atoms with Gasteiger partial charge in [0.2, 0.25) is 0 Å². The lowest BCUT2D eigenvalue weighted by molar-refractivity contribution is -0.0103. The van der Waals surface area contributed by atoms with Gasteiger partial charge in [0.15, 0.2) is 0 Å². The lowest BCUT2D eigenvalue weighted by Gasteiger charge is -2.28. The molecule has 0 aromatic rings. The first kappa shape index (κ1) is 9.47. The van der Waals surface area contributed by atoms with Gasteiger partial charge in [-0.05, 0) is 38.0 Å². The summed E-state index contributed by atoms with van der Waals surface area (Å²) in [6.45, 7) is 0.801. The minimum Gasteiger partial charge on any atom is -0.377 e. The molecular formula is C11H21NO. The first-order valence-corrected chi connectivity index (χ1v) is 5.73. The van der Waals surface area contributed by atoms with Crippen LogP contribution in [0.2, 0.25) is 0 Å². The fourth-order valence-corrected chi connectivity index (χ4v) is 2.31. The van der Waals surface area contributed by atoms with Gasteiger partial charge >= 0.3 is 0 Å². The standard InChI is InChI=1S/C11H21NO/c12-11(9-4-1-2-5-9)8-13-10-6-3-7-10/h9-11H,1-8,12H2. The van der Waals surface area contributed by atoms with Crippen LogP contribution in [0.5, 0.6) is 0 Å². The van der Waals surface area contributed by atoms with Crippen LogP contribution in [0.4, 0.5) is 0 Å². The zero-order valence-corrected chi connectivity index (χ0v) is 8.37. The van der Waals surface area contributed by atoms with Crippen molar-refractivity contribution in [2.75, 3.05) is 6.61 Å². The van der Waals surface area contributed by atoms with Gasteiger partial charge in [-0.2, -0.15) is 0 Å². The number of ether oxygens (including phenoxy) is 1. The summed E-state index contributed by atoms with van der Waals surface area (Å²) in [4.78, 5) is 0. The third kappa shape index (κ3) is 2.44. The molecule has 0 spiro atoms. The van der Waals surface area contributed by atoms with Gasteiger partial charge in [0, 0.05) is 6.04 Å². The van der Waals surface area contributed by atoms with Gasteiger partial charge in [-0.15, -0.1) is 0 Å². The molecule has 0 aromatic heterocycles. The van der Waals surface area contributed by atoms with E-state index in [-0.39, 0.29) is 0 Å². The Hall–Kier alpha value is -0.0800. The van der Waals surface area contributed by atoms with Crippen LogP contribution in [0.1, 0.15) is 44.9 Å². The average molecular weight is 183 g/mol. The molecule has 2 fully saturated rings. The normalized spacial score (nSPS) is 27.5. The Bertz CT molecular complexity index is 150. The molecule has 0 bridgehead atoms. The van der Waals surface area contributed by atoms with Crippen molar-refractivity contribution in [1.29, 1.82) is 0 Å². The van der Waals surface area contributed by atoms with Gasteiger partial charge in [-0.3, -0.25) is 0 Å². The monoisotopic (exact) mass is 183 g/mol. The molecule has 0 saturated heterocycles. The second kappa shape index (κ2) is 4.43. The van der Waals surface area contributed by atoms with Crippen molar-refractivity contribution in [3.8, 4) is 0 Å². The predicted molar refractivity (Wildman–Crippen MR) is 53.5 cm³/mol. The number of hydrogen-bond donors (Lipinski definition) is 1. The molecule has 76 valence electrons. The van der Waals surface area contributed by atoms with Crippen LogP contribution in [0, 0.1) is 5.92 Å². The van der Waals surface area contributed by atoms with Crippen molar-refractivity contribution < 1.29 is 4.74 Å². The summed E-state index contributed by atoms with van der Waals surface area (Å²) in [5.41, 5.74) is 6.08. The van der Waals surface area contributed by atoms with Crippen LogP contribution in [0.3, 0.4) is 0 Å². The molecule has 2 heteroatoms. The zero-order chi connectivity index (χ0) is 9.10. The van der Waals surface area contributed by atoms with Crippen molar-refractivity contribution in [2.45, 2.75) is 57.1 Å². The van der Waals surface area contributed by atoms with E-state index >= 15 is 0 Å². The van der Waals surface area contributed by atoms with Crippen LogP contribution in [-0.4, -0.2) is 18.8 Å². The van der Waals surface area contributed by atoms with E-state index in [0.717, 1.165) is 12.5 Å². The molecule has 0 amide bonds. The maximum atomic E-state index is 6.08. The lowest BCUT2D eigenvalue weighted by Crippen LogP contribution is -2.36. The van der Waals surface area contributed by atoms with Crippen LogP contribution >= 0.6 is 0 Å². The summed E-state index contributed by atoms with van der Waals surface area (Å²) in [5.74, 6) is 0.750. The van der Waals surface area contributed by atoms with Crippen LogP contribution in [0.25, 0.3) is 0 Å². The van der Waals surface area contributed by atoms with Gasteiger partial charge in [-0.1, -0.05) is 12.8 Å². The van der Waals surface area contributed by atoms with Crippen LogP contribution in [0.15, 0.2) is 0 Å². The summed E-state index contributed by atoms with van der Waals surface area (Å²) in [6, 6.07) is 0.308. The van der Waals surface area contributed by atoms with E-state index < -0.39 is 0 Å². The summed E-state index contributed by atoms with van der Waals surface area (Å²) >= 11 is 0. The minimum absolute atomic E-state index is 0.308. The first-order valence-electron chi connectivity index (χ1n) is 5.73.